The van der Waals surface area contributed by atoms with Gasteiger partial charge in [-0.05, 0) is 0 Å². The summed E-state index contributed by atoms with van der Waals surface area (Å²) in [5.41, 5.74) is 12.0. The summed E-state index contributed by atoms with van der Waals surface area (Å²) < 4.78 is 1.82. The van der Waals surface area contributed by atoms with Crippen LogP contribution in [0.15, 0.2) is 18.5 Å². The molecule has 2 rings (SSSR count). The molecule has 0 unspecified atom stereocenters. The lowest BCUT2D eigenvalue weighted by molar-refractivity contribution is 0.835. The van der Waals surface area contributed by atoms with Crippen LogP contribution in [0.5, 0.6) is 0 Å². The van der Waals surface area contributed by atoms with Gasteiger partial charge in [-0.3, -0.25) is 0 Å². The molecule has 0 atom stereocenters. The number of imidazole rings is 1. The molecule has 0 aliphatic heterocycles. The SMILES string of the molecule is Cl.NC/C=C\Cn1cnc2c(Cl)nc(N)nc21. The minimum absolute atomic E-state index is 0. The van der Waals surface area contributed by atoms with Crippen LogP contribution in [0.25, 0.3) is 11.2 Å². The predicted octanol–water partition coefficient (Wildman–Crippen LogP) is 0.999. The molecule has 8 heteroatoms. The molecular weight excluding hydrogens is 263 g/mol. The smallest absolute Gasteiger partial charge is 0.223 e. The van der Waals surface area contributed by atoms with Crippen molar-refractivity contribution < 1.29 is 0 Å². The minimum atomic E-state index is 0. The highest BCUT2D eigenvalue weighted by Crippen LogP contribution is 2.19. The monoisotopic (exact) mass is 274 g/mol. The van der Waals surface area contributed by atoms with Crippen molar-refractivity contribution in [3.8, 4) is 0 Å². The lowest BCUT2D eigenvalue weighted by Gasteiger charge is -1.99. The van der Waals surface area contributed by atoms with Gasteiger partial charge in [-0.2, -0.15) is 9.97 Å². The van der Waals surface area contributed by atoms with Crippen molar-refractivity contribution in [2.45, 2.75) is 6.54 Å². The predicted molar refractivity (Wildman–Crippen MR) is 70.2 cm³/mol. The molecule has 92 valence electrons. The zero-order chi connectivity index (χ0) is 11.5. The van der Waals surface area contributed by atoms with E-state index in [4.69, 9.17) is 23.1 Å². The molecule has 0 spiro atoms. The van der Waals surface area contributed by atoms with Crippen LogP contribution < -0.4 is 11.5 Å². The number of anilines is 1. The first-order valence-electron chi connectivity index (χ1n) is 4.71. The average Bonchev–Trinajstić information content (AvgIpc) is 2.62. The van der Waals surface area contributed by atoms with Gasteiger partial charge in [0.1, 0.15) is 5.52 Å². The van der Waals surface area contributed by atoms with Crippen LogP contribution in [0.2, 0.25) is 5.15 Å². The van der Waals surface area contributed by atoms with Gasteiger partial charge in [0.05, 0.1) is 6.33 Å². The van der Waals surface area contributed by atoms with E-state index in [-0.39, 0.29) is 23.5 Å². The van der Waals surface area contributed by atoms with E-state index in [1.54, 1.807) is 6.33 Å². The second kappa shape index (κ2) is 5.81. The number of rotatable bonds is 3. The molecule has 0 saturated carbocycles. The number of nitrogen functional groups attached to an aromatic ring is 1. The van der Waals surface area contributed by atoms with E-state index in [9.17, 15) is 0 Å². The number of fused-ring (bicyclic) bond motifs is 1. The Hall–Kier alpha value is -1.37. The van der Waals surface area contributed by atoms with E-state index >= 15 is 0 Å². The summed E-state index contributed by atoms with van der Waals surface area (Å²) in [5, 5.41) is 0.268. The summed E-state index contributed by atoms with van der Waals surface area (Å²) in [5.74, 6) is 0.141. The van der Waals surface area contributed by atoms with Gasteiger partial charge in [0.25, 0.3) is 0 Å². The maximum Gasteiger partial charge on any atom is 0.223 e. The number of nitrogens with two attached hydrogens (primary N) is 2. The Morgan fingerprint density at radius 1 is 1.35 bits per heavy atom. The standard InChI is InChI=1S/C9H11ClN6.ClH/c10-7-6-8(15-9(12)14-7)16(5-13-6)4-2-1-3-11;/h1-2,5H,3-4,11H2,(H2,12,14,15);1H/b2-1-;. The van der Waals surface area contributed by atoms with Gasteiger partial charge < -0.3 is 16.0 Å². The van der Waals surface area contributed by atoms with Crippen LogP contribution in [0.4, 0.5) is 5.95 Å². The first kappa shape index (κ1) is 13.7. The van der Waals surface area contributed by atoms with Crippen molar-refractivity contribution in [3.05, 3.63) is 23.6 Å². The third-order valence-electron chi connectivity index (χ3n) is 2.04. The number of hydrogen-bond donors (Lipinski definition) is 2. The molecule has 0 bridgehead atoms. The molecule has 17 heavy (non-hydrogen) atoms. The maximum absolute atomic E-state index is 5.89. The van der Waals surface area contributed by atoms with E-state index in [2.05, 4.69) is 15.0 Å². The highest BCUT2D eigenvalue weighted by Gasteiger charge is 2.09. The Kier molecular flexibility index (Phi) is 4.68. The van der Waals surface area contributed by atoms with Crippen LogP contribution in [0.1, 0.15) is 0 Å². The van der Waals surface area contributed by atoms with E-state index in [0.717, 1.165) is 0 Å². The molecular formula is C9H12Cl2N6. The molecule has 0 radical (unpaired) electrons. The van der Waals surface area contributed by atoms with Gasteiger partial charge in [-0.15, -0.1) is 12.4 Å². The fraction of sp³-hybridized carbons (Fsp3) is 0.222. The summed E-state index contributed by atoms with van der Waals surface area (Å²) in [6, 6.07) is 0. The maximum atomic E-state index is 5.89. The van der Waals surface area contributed by atoms with Gasteiger partial charge in [0.15, 0.2) is 10.8 Å². The van der Waals surface area contributed by atoms with Crippen molar-refractivity contribution in [1.82, 2.24) is 19.5 Å². The first-order chi connectivity index (χ1) is 7.72. The first-order valence-corrected chi connectivity index (χ1v) is 5.09. The molecule has 0 aromatic carbocycles. The largest absolute Gasteiger partial charge is 0.368 e. The Labute approximate surface area is 109 Å². The second-order valence-corrected chi connectivity index (χ2v) is 3.51. The van der Waals surface area contributed by atoms with Crippen molar-refractivity contribution in [3.63, 3.8) is 0 Å². The molecule has 2 aromatic rings. The third kappa shape index (κ3) is 2.85. The van der Waals surface area contributed by atoms with E-state index in [0.29, 0.717) is 24.3 Å². The Balaban J connectivity index is 0.00000144. The fourth-order valence-electron chi connectivity index (χ4n) is 1.34. The van der Waals surface area contributed by atoms with Gasteiger partial charge in [-0.1, -0.05) is 23.8 Å². The summed E-state index contributed by atoms with van der Waals surface area (Å²) in [7, 11) is 0. The van der Waals surface area contributed by atoms with E-state index < -0.39 is 0 Å². The molecule has 0 amide bonds. The molecule has 4 N–H and O–H groups in total. The van der Waals surface area contributed by atoms with Crippen molar-refractivity contribution >= 4 is 41.1 Å². The van der Waals surface area contributed by atoms with Crippen molar-refractivity contribution in [1.29, 1.82) is 0 Å². The normalized spacial score (nSPS) is 10.9. The third-order valence-corrected chi connectivity index (χ3v) is 2.31. The van der Waals surface area contributed by atoms with Crippen molar-refractivity contribution in [2.24, 2.45) is 5.73 Å². The van der Waals surface area contributed by atoms with Crippen LogP contribution in [0.3, 0.4) is 0 Å². The quantitative estimate of drug-likeness (QED) is 0.643. The Morgan fingerprint density at radius 2 is 2.12 bits per heavy atom. The van der Waals surface area contributed by atoms with Crippen LogP contribution in [-0.4, -0.2) is 26.1 Å². The summed E-state index contributed by atoms with van der Waals surface area (Å²) in [6.45, 7) is 1.13. The van der Waals surface area contributed by atoms with Crippen LogP contribution in [-0.2, 0) is 6.54 Å². The fourth-order valence-corrected chi connectivity index (χ4v) is 1.56. The number of hydrogen-bond acceptors (Lipinski definition) is 5. The number of aromatic nitrogens is 4. The lowest BCUT2D eigenvalue weighted by atomic mass is 10.4. The average molecular weight is 275 g/mol. The van der Waals surface area contributed by atoms with E-state index in [1.165, 1.54) is 0 Å². The molecule has 2 aromatic heterocycles. The van der Waals surface area contributed by atoms with Crippen molar-refractivity contribution in [2.75, 3.05) is 12.3 Å². The summed E-state index contributed by atoms with van der Waals surface area (Å²) in [4.78, 5) is 12.0. The number of nitrogens with zero attached hydrogens (tertiary/aromatic N) is 4. The Morgan fingerprint density at radius 3 is 2.82 bits per heavy atom. The van der Waals surface area contributed by atoms with E-state index in [1.807, 2.05) is 16.7 Å². The van der Waals surface area contributed by atoms with Gasteiger partial charge in [0.2, 0.25) is 5.95 Å². The van der Waals surface area contributed by atoms with Gasteiger partial charge in [-0.25, -0.2) is 4.98 Å². The highest BCUT2D eigenvalue weighted by atomic mass is 35.5. The van der Waals surface area contributed by atoms with Gasteiger partial charge in [0, 0.05) is 13.1 Å². The zero-order valence-corrected chi connectivity index (χ0v) is 10.4. The molecule has 0 saturated heterocycles. The molecule has 0 fully saturated rings. The lowest BCUT2D eigenvalue weighted by Crippen LogP contribution is -2.00. The molecule has 6 nitrogen and oxygen atoms in total. The summed E-state index contributed by atoms with van der Waals surface area (Å²) >= 11 is 5.89. The van der Waals surface area contributed by atoms with Gasteiger partial charge >= 0.3 is 0 Å². The highest BCUT2D eigenvalue weighted by molar-refractivity contribution is 6.33. The number of allylic oxidation sites excluding steroid dienone is 1. The molecule has 0 aliphatic carbocycles. The Bertz CT molecular complexity index is 536. The topological polar surface area (TPSA) is 95.6 Å². The molecule has 0 aliphatic rings. The molecule has 2 heterocycles. The number of halogens is 2. The summed E-state index contributed by atoms with van der Waals surface area (Å²) in [6.07, 6.45) is 5.43. The van der Waals surface area contributed by atoms with Crippen LogP contribution >= 0.6 is 24.0 Å². The van der Waals surface area contributed by atoms with Crippen LogP contribution in [0, 0.1) is 0 Å². The minimum Gasteiger partial charge on any atom is -0.368 e. The zero-order valence-electron chi connectivity index (χ0n) is 8.88. The second-order valence-electron chi connectivity index (χ2n) is 3.15.